The van der Waals surface area contributed by atoms with Crippen molar-refractivity contribution < 1.29 is 18.9 Å². The maximum absolute atomic E-state index is 7.91. The van der Waals surface area contributed by atoms with Crippen LogP contribution >= 0.6 is 11.8 Å². The molecule has 4 aliphatic rings. The summed E-state index contributed by atoms with van der Waals surface area (Å²) in [5, 5.41) is 2.29. The van der Waals surface area contributed by atoms with Crippen LogP contribution in [0, 0.1) is 19.3 Å². The molecule has 5 nitrogen and oxygen atoms in total. The molecule has 3 atom stereocenters. The highest BCUT2D eigenvalue weighted by atomic mass is 32.2. The first kappa shape index (κ1) is 41.8. The van der Waals surface area contributed by atoms with Gasteiger partial charge >= 0.3 is 0 Å². The van der Waals surface area contributed by atoms with Gasteiger partial charge in [-0.05, 0) is 140 Å². The highest BCUT2D eigenvalue weighted by Crippen LogP contribution is 2.65. The predicted molar refractivity (Wildman–Crippen MR) is 260 cm³/mol. The Labute approximate surface area is 378 Å². The summed E-state index contributed by atoms with van der Waals surface area (Å²) in [5.74, 6) is 2.58. The number of benzene rings is 6. The third-order valence-corrected chi connectivity index (χ3v) is 16.8. The van der Waals surface area contributed by atoms with Crippen molar-refractivity contribution in [3.05, 3.63) is 148 Å². The fraction of sp³-hybridized carbons (Fsp3) is 0.368. The molecule has 324 valence electrons. The molecule has 1 saturated carbocycles. The van der Waals surface area contributed by atoms with Crippen molar-refractivity contribution in [2.75, 3.05) is 32.2 Å². The van der Waals surface area contributed by atoms with Crippen LogP contribution in [-0.2, 0) is 15.8 Å². The first-order valence-corrected chi connectivity index (χ1v) is 24.0. The third-order valence-electron chi connectivity index (χ3n) is 15.4. The Morgan fingerprint density at radius 1 is 0.730 bits per heavy atom. The molecule has 2 aliphatic heterocycles. The summed E-state index contributed by atoms with van der Waals surface area (Å²) in [4.78, 5) is 4.82. The minimum absolute atomic E-state index is 0.125. The molecule has 0 amide bonds. The number of methoxy groups -OCH3 is 2. The SMILES string of the molecule is CCC1(CC)CCC2(CC1)c1ccccc1-c1c2c2c(c3cc(OC)c(Sc4c(C)cccc4C)cc13)OC(c1ccc(OC)cc1)(c1ccc(N3C[C@@H](C)O[C@@H](C)C3)cc1)C=C2. The van der Waals surface area contributed by atoms with E-state index in [-0.39, 0.29) is 17.6 Å². The molecule has 1 saturated heterocycles. The standard InChI is InChI=1S/C57H61NO4S/c1-9-55(10-2)28-30-56(31-29-55)48-17-12-11-16-44(48)51-46-33-50(63-54-36(3)14-13-15-37(54)4)49(60-8)32-47(46)53-45(52(51)56)26-27-57(62-53,41-20-24-43(59-7)25-21-41)40-18-22-42(23-19-40)58-34-38(5)61-39(6)35-58/h11-27,32-33,38-39H,9-10,28-31,34-35H2,1-8H3/t38-,39+,57?. The Hall–Kier alpha value is -5.17. The number of aryl methyl sites for hydroxylation is 2. The van der Waals surface area contributed by atoms with Crippen molar-refractivity contribution in [2.24, 2.45) is 5.41 Å². The molecule has 0 radical (unpaired) electrons. The van der Waals surface area contributed by atoms with Crippen molar-refractivity contribution in [1.29, 1.82) is 0 Å². The van der Waals surface area contributed by atoms with Gasteiger partial charge in [-0.15, -0.1) is 0 Å². The maximum Gasteiger partial charge on any atom is 0.178 e. The number of rotatable bonds is 9. The second-order valence-electron chi connectivity index (χ2n) is 18.8. The van der Waals surface area contributed by atoms with Gasteiger partial charge in [-0.1, -0.05) is 111 Å². The van der Waals surface area contributed by atoms with Crippen LogP contribution in [0.3, 0.4) is 0 Å². The first-order valence-electron chi connectivity index (χ1n) is 23.2. The van der Waals surface area contributed by atoms with Crippen molar-refractivity contribution in [2.45, 2.75) is 113 Å². The zero-order valence-electron chi connectivity index (χ0n) is 38.3. The molecule has 6 heteroatoms. The van der Waals surface area contributed by atoms with Crippen molar-refractivity contribution in [1.82, 2.24) is 0 Å². The molecule has 2 aliphatic carbocycles. The molecule has 2 heterocycles. The Kier molecular flexibility index (Phi) is 10.7. The number of nitrogens with zero attached hydrogens (tertiary/aromatic N) is 1. The lowest BCUT2D eigenvalue weighted by atomic mass is 9.58. The van der Waals surface area contributed by atoms with E-state index >= 15 is 0 Å². The van der Waals surface area contributed by atoms with E-state index in [2.05, 4.69) is 162 Å². The van der Waals surface area contributed by atoms with E-state index in [4.69, 9.17) is 18.9 Å². The predicted octanol–water partition coefficient (Wildman–Crippen LogP) is 14.2. The molecular formula is C57H61NO4S. The van der Waals surface area contributed by atoms with E-state index in [1.165, 1.54) is 80.6 Å². The lowest BCUT2D eigenvalue weighted by Crippen LogP contribution is -2.45. The second-order valence-corrected chi connectivity index (χ2v) is 19.9. The summed E-state index contributed by atoms with van der Waals surface area (Å²) in [6, 6.07) is 38.0. The highest BCUT2D eigenvalue weighted by Gasteiger charge is 2.52. The summed E-state index contributed by atoms with van der Waals surface area (Å²) in [7, 11) is 3.52. The van der Waals surface area contributed by atoms with Crippen molar-refractivity contribution >= 4 is 34.3 Å². The van der Waals surface area contributed by atoms with Gasteiger partial charge in [-0.25, -0.2) is 0 Å². The molecule has 1 unspecified atom stereocenters. The minimum Gasteiger partial charge on any atom is -0.497 e. The molecular weight excluding hydrogens is 795 g/mol. The van der Waals surface area contributed by atoms with Gasteiger partial charge in [-0.2, -0.15) is 0 Å². The molecule has 6 aromatic carbocycles. The lowest BCUT2D eigenvalue weighted by molar-refractivity contribution is -0.00522. The van der Waals surface area contributed by atoms with Gasteiger partial charge in [0.1, 0.15) is 17.2 Å². The Bertz CT molecular complexity index is 2690. The normalized spacial score (nSPS) is 21.7. The average molecular weight is 856 g/mol. The highest BCUT2D eigenvalue weighted by molar-refractivity contribution is 7.99. The molecule has 10 rings (SSSR count). The van der Waals surface area contributed by atoms with Crippen LogP contribution in [-0.4, -0.2) is 39.5 Å². The zero-order valence-corrected chi connectivity index (χ0v) is 39.1. The van der Waals surface area contributed by atoms with Gasteiger partial charge in [0.15, 0.2) is 5.60 Å². The maximum atomic E-state index is 7.91. The molecule has 0 N–H and O–H groups in total. The van der Waals surface area contributed by atoms with Gasteiger partial charge < -0.3 is 23.8 Å². The molecule has 0 aromatic heterocycles. The van der Waals surface area contributed by atoms with Gasteiger partial charge in [0.05, 0.1) is 31.3 Å². The van der Waals surface area contributed by atoms with Crippen LogP contribution in [0.4, 0.5) is 5.69 Å². The summed E-state index contributed by atoms with van der Waals surface area (Å²) >= 11 is 1.81. The van der Waals surface area contributed by atoms with Crippen LogP contribution in [0.2, 0.25) is 0 Å². The van der Waals surface area contributed by atoms with E-state index in [1.54, 1.807) is 14.2 Å². The molecule has 0 bridgehead atoms. The van der Waals surface area contributed by atoms with Crippen LogP contribution in [0.1, 0.15) is 105 Å². The van der Waals surface area contributed by atoms with Crippen LogP contribution in [0.5, 0.6) is 17.2 Å². The van der Waals surface area contributed by atoms with Gasteiger partial charge in [-0.3, -0.25) is 0 Å². The molecule has 63 heavy (non-hydrogen) atoms. The van der Waals surface area contributed by atoms with Crippen molar-refractivity contribution in [3.8, 4) is 28.4 Å². The number of fused-ring (bicyclic) bond motifs is 10. The third kappa shape index (κ3) is 6.77. The molecule has 1 spiro atoms. The Morgan fingerprint density at radius 2 is 1.38 bits per heavy atom. The molecule has 6 aromatic rings. The summed E-state index contributed by atoms with van der Waals surface area (Å²) < 4.78 is 26.1. The van der Waals surface area contributed by atoms with Crippen molar-refractivity contribution in [3.63, 3.8) is 0 Å². The zero-order chi connectivity index (χ0) is 43.7. The van der Waals surface area contributed by atoms with Gasteiger partial charge in [0.25, 0.3) is 0 Å². The van der Waals surface area contributed by atoms with Crippen LogP contribution < -0.4 is 19.1 Å². The lowest BCUT2D eigenvalue weighted by Gasteiger charge is -2.47. The summed E-state index contributed by atoms with van der Waals surface area (Å²) in [6.07, 6.45) is 12.2. The van der Waals surface area contributed by atoms with Gasteiger partial charge in [0.2, 0.25) is 0 Å². The first-order chi connectivity index (χ1) is 30.6. The van der Waals surface area contributed by atoms with Crippen LogP contribution in [0.15, 0.2) is 119 Å². The van der Waals surface area contributed by atoms with Crippen LogP contribution in [0.25, 0.3) is 28.0 Å². The fourth-order valence-electron chi connectivity index (χ4n) is 11.8. The summed E-state index contributed by atoms with van der Waals surface area (Å²) in [5.41, 5.74) is 12.0. The topological polar surface area (TPSA) is 40.2 Å². The number of morpholine rings is 1. The van der Waals surface area contributed by atoms with Gasteiger partial charge in [0, 0.05) is 51.2 Å². The molecule has 2 fully saturated rings. The smallest absolute Gasteiger partial charge is 0.178 e. The number of ether oxygens (including phenoxy) is 4. The van der Waals surface area contributed by atoms with E-state index in [1.807, 2.05) is 11.8 Å². The number of anilines is 1. The van der Waals surface area contributed by atoms with E-state index in [9.17, 15) is 0 Å². The van der Waals surface area contributed by atoms with E-state index < -0.39 is 5.60 Å². The second kappa shape index (κ2) is 16.1. The van der Waals surface area contributed by atoms with E-state index in [0.29, 0.717) is 5.41 Å². The monoisotopic (exact) mass is 855 g/mol. The average Bonchev–Trinajstić information content (AvgIpc) is 3.59. The number of hydrogen-bond donors (Lipinski definition) is 0. The number of hydrogen-bond acceptors (Lipinski definition) is 6. The Balaban J connectivity index is 1.22. The summed E-state index contributed by atoms with van der Waals surface area (Å²) in [6.45, 7) is 15.3. The van der Waals surface area contributed by atoms with E-state index in [0.717, 1.165) is 64.6 Å². The fourth-order valence-corrected chi connectivity index (χ4v) is 12.9. The minimum atomic E-state index is -0.922. The quantitative estimate of drug-likeness (QED) is 0.144. The Morgan fingerprint density at radius 3 is 2.02 bits per heavy atom. The largest absolute Gasteiger partial charge is 0.497 e.